The second kappa shape index (κ2) is 6.87. The number of nitrogens with one attached hydrogen (secondary N) is 1. The molecule has 0 radical (unpaired) electrons. The van der Waals surface area contributed by atoms with Crippen LogP contribution in [0.1, 0.15) is 19.4 Å². The Morgan fingerprint density at radius 1 is 1.16 bits per heavy atom. The lowest BCUT2D eigenvalue weighted by atomic mass is 10.1. The van der Waals surface area contributed by atoms with E-state index in [1.165, 1.54) is 17.0 Å². The first-order valence-corrected chi connectivity index (χ1v) is 9.25. The molecule has 1 saturated heterocycles. The highest BCUT2D eigenvalue weighted by Crippen LogP contribution is 2.32. The lowest BCUT2D eigenvalue weighted by molar-refractivity contribution is -0.0662. The molecule has 0 amide bonds. The summed E-state index contributed by atoms with van der Waals surface area (Å²) in [5.74, 6) is 0. The third-order valence-electron chi connectivity index (χ3n) is 4.82. The average Bonchev–Trinajstić information content (AvgIpc) is 2.93. The van der Waals surface area contributed by atoms with Gasteiger partial charge in [-0.2, -0.15) is 0 Å². The van der Waals surface area contributed by atoms with Crippen molar-refractivity contribution >= 4 is 17.3 Å². The Kier molecular flexibility index (Phi) is 4.59. The van der Waals surface area contributed by atoms with Crippen molar-refractivity contribution in [1.29, 1.82) is 0 Å². The quantitative estimate of drug-likeness (QED) is 0.897. The van der Waals surface area contributed by atoms with E-state index >= 15 is 0 Å². The molecule has 3 aliphatic rings. The van der Waals surface area contributed by atoms with E-state index in [0.717, 1.165) is 24.7 Å². The summed E-state index contributed by atoms with van der Waals surface area (Å²) in [5, 5.41) is 4.41. The van der Waals surface area contributed by atoms with Crippen LogP contribution in [0.25, 0.3) is 5.70 Å². The normalized spacial score (nSPS) is 29.5. The van der Waals surface area contributed by atoms with Gasteiger partial charge in [0.15, 0.2) is 0 Å². The van der Waals surface area contributed by atoms with E-state index in [0.29, 0.717) is 0 Å². The van der Waals surface area contributed by atoms with Gasteiger partial charge < -0.3 is 15.0 Å². The molecule has 3 aliphatic heterocycles. The van der Waals surface area contributed by atoms with Crippen molar-refractivity contribution in [2.75, 3.05) is 19.6 Å². The van der Waals surface area contributed by atoms with Gasteiger partial charge in [-0.05, 0) is 31.6 Å². The van der Waals surface area contributed by atoms with Crippen LogP contribution in [0.4, 0.5) is 0 Å². The molecular formula is C20H24ClN3O. The van der Waals surface area contributed by atoms with Gasteiger partial charge in [0.25, 0.3) is 0 Å². The van der Waals surface area contributed by atoms with Gasteiger partial charge in [0.2, 0.25) is 0 Å². The van der Waals surface area contributed by atoms with Crippen LogP contribution in [0.5, 0.6) is 0 Å². The number of morpholine rings is 1. The standard InChI is InChI=1S/C20H24ClN3O/c1-14-10-23(11-15(2)25-14)13-18-20(16-6-4-3-5-7-16)22-19-9-8-17(21)12-24(18)19/h3-9,12,14-15,19,22H,10-11,13H2,1-2H3. The molecule has 4 nitrogen and oxygen atoms in total. The van der Waals surface area contributed by atoms with Crippen LogP contribution < -0.4 is 5.32 Å². The van der Waals surface area contributed by atoms with Crippen molar-refractivity contribution in [2.45, 2.75) is 32.2 Å². The monoisotopic (exact) mass is 357 g/mol. The van der Waals surface area contributed by atoms with Crippen LogP contribution in [0.15, 0.2) is 59.4 Å². The molecular weight excluding hydrogens is 334 g/mol. The van der Waals surface area contributed by atoms with Crippen molar-refractivity contribution < 1.29 is 4.74 Å². The molecule has 0 aliphatic carbocycles. The number of hydrogen-bond donors (Lipinski definition) is 1. The highest BCUT2D eigenvalue weighted by Gasteiger charge is 2.33. The van der Waals surface area contributed by atoms with Crippen molar-refractivity contribution in [3.8, 4) is 0 Å². The third-order valence-corrected chi connectivity index (χ3v) is 5.05. The number of benzene rings is 1. The number of allylic oxidation sites excluding steroid dienone is 2. The highest BCUT2D eigenvalue weighted by molar-refractivity contribution is 6.31. The van der Waals surface area contributed by atoms with Gasteiger partial charge in [0.1, 0.15) is 6.17 Å². The highest BCUT2D eigenvalue weighted by atomic mass is 35.5. The van der Waals surface area contributed by atoms with Crippen LogP contribution in [-0.2, 0) is 4.74 Å². The smallest absolute Gasteiger partial charge is 0.123 e. The van der Waals surface area contributed by atoms with E-state index in [9.17, 15) is 0 Å². The third kappa shape index (κ3) is 3.47. The maximum Gasteiger partial charge on any atom is 0.123 e. The molecule has 5 heteroatoms. The molecule has 3 unspecified atom stereocenters. The maximum absolute atomic E-state index is 6.28. The van der Waals surface area contributed by atoms with Crippen molar-refractivity contribution in [2.24, 2.45) is 0 Å². The van der Waals surface area contributed by atoms with E-state index in [2.05, 4.69) is 59.3 Å². The van der Waals surface area contributed by atoms with Crippen LogP contribution in [0.2, 0.25) is 0 Å². The Morgan fingerprint density at radius 2 is 1.88 bits per heavy atom. The van der Waals surface area contributed by atoms with Crippen molar-refractivity contribution in [1.82, 2.24) is 15.1 Å². The first-order chi connectivity index (χ1) is 12.1. The first kappa shape index (κ1) is 16.7. The summed E-state index contributed by atoms with van der Waals surface area (Å²) in [4.78, 5) is 4.73. The lowest BCUT2D eigenvalue weighted by Crippen LogP contribution is -2.47. The largest absolute Gasteiger partial charge is 0.373 e. The molecule has 132 valence electrons. The van der Waals surface area contributed by atoms with Crippen molar-refractivity contribution in [3.05, 3.63) is 65.0 Å². The van der Waals surface area contributed by atoms with Crippen LogP contribution in [0.3, 0.4) is 0 Å². The molecule has 0 spiro atoms. The predicted molar refractivity (Wildman–Crippen MR) is 102 cm³/mol. The molecule has 0 aromatic heterocycles. The summed E-state index contributed by atoms with van der Waals surface area (Å²) in [6.07, 6.45) is 6.74. The lowest BCUT2D eigenvalue weighted by Gasteiger charge is -2.37. The Bertz CT molecular complexity index is 718. The van der Waals surface area contributed by atoms with E-state index in [-0.39, 0.29) is 18.4 Å². The minimum absolute atomic E-state index is 0.128. The molecule has 1 fully saturated rings. The minimum atomic E-state index is 0.128. The fourth-order valence-corrected chi connectivity index (χ4v) is 4.07. The Morgan fingerprint density at radius 3 is 2.60 bits per heavy atom. The van der Waals surface area contributed by atoms with Gasteiger partial charge in [0.05, 0.1) is 28.6 Å². The number of hydrogen-bond acceptors (Lipinski definition) is 4. The molecule has 0 bridgehead atoms. The molecule has 3 heterocycles. The Balaban J connectivity index is 1.67. The summed E-state index contributed by atoms with van der Waals surface area (Å²) in [5.41, 5.74) is 3.66. The van der Waals surface area contributed by atoms with Gasteiger partial charge in [-0.25, -0.2) is 0 Å². The Hall–Kier alpha value is -1.75. The van der Waals surface area contributed by atoms with E-state index in [4.69, 9.17) is 16.3 Å². The predicted octanol–water partition coefficient (Wildman–Crippen LogP) is 3.35. The SMILES string of the molecule is CC1CN(CC2=C(c3ccccc3)NC3C=CC(Cl)=CN23)CC(C)O1. The van der Waals surface area contributed by atoms with E-state index < -0.39 is 0 Å². The summed E-state index contributed by atoms with van der Waals surface area (Å²) >= 11 is 6.28. The average molecular weight is 358 g/mol. The maximum atomic E-state index is 6.28. The van der Waals surface area contributed by atoms with Crippen LogP contribution in [0, 0.1) is 0 Å². The first-order valence-electron chi connectivity index (χ1n) is 8.87. The molecule has 0 saturated carbocycles. The van der Waals surface area contributed by atoms with Crippen LogP contribution >= 0.6 is 11.6 Å². The van der Waals surface area contributed by atoms with E-state index in [1.807, 2.05) is 18.3 Å². The molecule has 4 rings (SSSR count). The van der Waals surface area contributed by atoms with Gasteiger partial charge in [0, 0.05) is 25.8 Å². The molecule has 3 atom stereocenters. The summed E-state index contributed by atoms with van der Waals surface area (Å²) in [7, 11) is 0. The fraction of sp³-hybridized carbons (Fsp3) is 0.400. The zero-order valence-corrected chi connectivity index (χ0v) is 15.4. The Labute approximate surface area is 154 Å². The topological polar surface area (TPSA) is 27.7 Å². The summed E-state index contributed by atoms with van der Waals surface area (Å²) < 4.78 is 5.88. The van der Waals surface area contributed by atoms with Gasteiger partial charge in [-0.1, -0.05) is 41.9 Å². The van der Waals surface area contributed by atoms with Crippen LogP contribution in [-0.4, -0.2) is 47.8 Å². The molecule has 1 aromatic carbocycles. The summed E-state index contributed by atoms with van der Waals surface area (Å²) in [6.45, 7) is 7.06. The molecule has 1 N–H and O–H groups in total. The van der Waals surface area contributed by atoms with E-state index in [1.54, 1.807) is 0 Å². The number of halogens is 1. The van der Waals surface area contributed by atoms with Gasteiger partial charge in [-0.15, -0.1) is 0 Å². The molecule has 25 heavy (non-hydrogen) atoms. The second-order valence-corrected chi connectivity index (χ2v) is 7.45. The summed E-state index contributed by atoms with van der Waals surface area (Å²) in [6, 6.07) is 10.5. The number of nitrogens with zero attached hydrogens (tertiary/aromatic N) is 2. The molecule has 1 aromatic rings. The number of fused-ring (bicyclic) bond motifs is 1. The number of rotatable bonds is 3. The minimum Gasteiger partial charge on any atom is -0.373 e. The zero-order chi connectivity index (χ0) is 17.4. The zero-order valence-electron chi connectivity index (χ0n) is 14.7. The van der Waals surface area contributed by atoms with Gasteiger partial charge in [-0.3, -0.25) is 4.90 Å². The van der Waals surface area contributed by atoms with Gasteiger partial charge >= 0.3 is 0 Å². The fourth-order valence-electron chi connectivity index (χ4n) is 3.90. The number of ether oxygens (including phenoxy) is 1. The second-order valence-electron chi connectivity index (χ2n) is 7.01. The van der Waals surface area contributed by atoms with Crippen molar-refractivity contribution in [3.63, 3.8) is 0 Å².